The number of benzene rings is 3. The molecular weight excluding hydrogens is 490 g/mol. The van der Waals surface area contributed by atoms with Crippen LogP contribution in [0.1, 0.15) is 39.0 Å². The SMILES string of the molecule is CCc1ccc(S(=O)(=O)N(C(=O)c2ccc(Cl)cc2)c2ccc3oc(C)c(C(=O)OC)c3c2)cc1. The van der Waals surface area contributed by atoms with Crippen molar-refractivity contribution in [1.82, 2.24) is 0 Å². The molecule has 0 spiro atoms. The van der Waals surface area contributed by atoms with E-state index in [0.29, 0.717) is 21.8 Å². The van der Waals surface area contributed by atoms with Crippen LogP contribution in [0.15, 0.2) is 76.0 Å². The molecule has 0 aliphatic heterocycles. The van der Waals surface area contributed by atoms with Gasteiger partial charge in [-0.05, 0) is 73.5 Å². The number of methoxy groups -OCH3 is 1. The average molecular weight is 512 g/mol. The molecule has 1 amide bonds. The number of hydrogen-bond acceptors (Lipinski definition) is 6. The van der Waals surface area contributed by atoms with Gasteiger partial charge in [-0.3, -0.25) is 4.79 Å². The summed E-state index contributed by atoms with van der Waals surface area (Å²) in [6, 6.07) is 16.7. The highest BCUT2D eigenvalue weighted by Gasteiger charge is 2.33. The molecule has 3 aromatic carbocycles. The second-order valence-electron chi connectivity index (χ2n) is 7.78. The molecule has 4 aromatic rings. The van der Waals surface area contributed by atoms with E-state index >= 15 is 0 Å². The first kappa shape index (κ1) is 24.5. The Balaban J connectivity index is 1.93. The summed E-state index contributed by atoms with van der Waals surface area (Å²) in [7, 11) is -3.09. The van der Waals surface area contributed by atoms with Crippen molar-refractivity contribution in [2.75, 3.05) is 11.4 Å². The summed E-state index contributed by atoms with van der Waals surface area (Å²) in [5.41, 5.74) is 1.64. The van der Waals surface area contributed by atoms with Crippen molar-refractivity contribution in [3.05, 3.63) is 94.2 Å². The van der Waals surface area contributed by atoms with E-state index in [2.05, 4.69) is 0 Å². The van der Waals surface area contributed by atoms with E-state index in [1.54, 1.807) is 19.1 Å². The first-order valence-corrected chi connectivity index (χ1v) is 12.5. The number of sulfonamides is 1. The normalized spacial score (nSPS) is 11.4. The molecule has 9 heteroatoms. The first-order chi connectivity index (χ1) is 16.7. The third kappa shape index (κ3) is 4.54. The number of nitrogens with zero attached hydrogens (tertiary/aromatic N) is 1. The minimum Gasteiger partial charge on any atom is -0.465 e. The smallest absolute Gasteiger partial charge is 0.342 e. The van der Waals surface area contributed by atoms with Crippen molar-refractivity contribution in [3.63, 3.8) is 0 Å². The summed E-state index contributed by atoms with van der Waals surface area (Å²) in [6.45, 7) is 3.56. The van der Waals surface area contributed by atoms with Crippen LogP contribution in [0.4, 0.5) is 5.69 Å². The Morgan fingerprint density at radius 1 is 1.00 bits per heavy atom. The zero-order valence-corrected chi connectivity index (χ0v) is 20.8. The number of carbonyl (C=O) groups excluding carboxylic acids is 2. The Bertz CT molecular complexity index is 1520. The first-order valence-electron chi connectivity index (χ1n) is 10.7. The molecule has 0 radical (unpaired) electrons. The minimum absolute atomic E-state index is 0.0444. The second kappa shape index (κ2) is 9.56. The van der Waals surface area contributed by atoms with Gasteiger partial charge in [-0.2, -0.15) is 4.31 Å². The van der Waals surface area contributed by atoms with E-state index in [-0.39, 0.29) is 21.7 Å². The maximum Gasteiger partial charge on any atom is 0.342 e. The molecule has 35 heavy (non-hydrogen) atoms. The quantitative estimate of drug-likeness (QED) is 0.305. The second-order valence-corrected chi connectivity index (χ2v) is 10.0. The summed E-state index contributed by atoms with van der Waals surface area (Å²) >= 11 is 5.96. The summed E-state index contributed by atoms with van der Waals surface area (Å²) in [6.07, 6.45) is 0.737. The van der Waals surface area contributed by atoms with Gasteiger partial charge in [0.1, 0.15) is 16.9 Å². The summed E-state index contributed by atoms with van der Waals surface area (Å²) in [5.74, 6) is -1.09. The molecule has 0 bridgehead atoms. The number of anilines is 1. The van der Waals surface area contributed by atoms with Gasteiger partial charge in [0.25, 0.3) is 15.9 Å². The molecular formula is C26H22ClNO6S. The van der Waals surface area contributed by atoms with Crippen LogP contribution in [0.3, 0.4) is 0 Å². The van der Waals surface area contributed by atoms with Gasteiger partial charge in [0.2, 0.25) is 0 Å². The zero-order chi connectivity index (χ0) is 25.3. The van der Waals surface area contributed by atoms with Crippen LogP contribution in [0.5, 0.6) is 0 Å². The molecule has 0 N–H and O–H groups in total. The summed E-state index contributed by atoms with van der Waals surface area (Å²) < 4.78 is 38.8. The van der Waals surface area contributed by atoms with Crippen molar-refractivity contribution in [2.45, 2.75) is 25.2 Å². The fourth-order valence-corrected chi connectivity index (χ4v) is 5.30. The summed E-state index contributed by atoms with van der Waals surface area (Å²) in [4.78, 5) is 25.9. The number of hydrogen-bond donors (Lipinski definition) is 0. The molecule has 0 aliphatic carbocycles. The minimum atomic E-state index is -4.33. The van der Waals surface area contributed by atoms with Crippen LogP contribution in [-0.4, -0.2) is 27.4 Å². The maximum absolute atomic E-state index is 13.8. The number of ether oxygens (including phenoxy) is 1. The Morgan fingerprint density at radius 3 is 2.26 bits per heavy atom. The van der Waals surface area contributed by atoms with Crippen LogP contribution in [0.25, 0.3) is 11.0 Å². The molecule has 4 rings (SSSR count). The topological polar surface area (TPSA) is 93.9 Å². The third-order valence-corrected chi connectivity index (χ3v) is 7.59. The fraction of sp³-hybridized carbons (Fsp3) is 0.154. The number of rotatable bonds is 6. The molecule has 1 aromatic heterocycles. The Hall–Kier alpha value is -3.62. The Labute approximate surface area is 207 Å². The van der Waals surface area contributed by atoms with E-state index in [0.717, 1.165) is 16.3 Å². The number of amides is 1. The molecule has 1 heterocycles. The molecule has 0 fully saturated rings. The predicted molar refractivity (Wildman–Crippen MR) is 134 cm³/mol. The van der Waals surface area contributed by atoms with E-state index in [4.69, 9.17) is 20.8 Å². The van der Waals surface area contributed by atoms with Crippen LogP contribution in [0.2, 0.25) is 5.02 Å². The fourth-order valence-electron chi connectivity index (χ4n) is 3.77. The van der Waals surface area contributed by atoms with Gasteiger partial charge >= 0.3 is 5.97 Å². The highest BCUT2D eigenvalue weighted by Crippen LogP contribution is 2.33. The van der Waals surface area contributed by atoms with Crippen molar-refractivity contribution in [1.29, 1.82) is 0 Å². The van der Waals surface area contributed by atoms with E-state index in [9.17, 15) is 18.0 Å². The maximum atomic E-state index is 13.8. The van der Waals surface area contributed by atoms with Gasteiger partial charge in [0.15, 0.2) is 0 Å². The van der Waals surface area contributed by atoms with Gasteiger partial charge in [-0.25, -0.2) is 13.2 Å². The van der Waals surface area contributed by atoms with Crippen molar-refractivity contribution < 1.29 is 27.2 Å². The number of halogens is 1. The highest BCUT2D eigenvalue weighted by atomic mass is 35.5. The van der Waals surface area contributed by atoms with E-state index < -0.39 is 21.9 Å². The third-order valence-electron chi connectivity index (χ3n) is 5.62. The molecule has 0 atom stereocenters. The van der Waals surface area contributed by atoms with Crippen LogP contribution < -0.4 is 4.31 Å². The lowest BCUT2D eigenvalue weighted by Crippen LogP contribution is -2.37. The van der Waals surface area contributed by atoms with Gasteiger partial charge < -0.3 is 9.15 Å². The van der Waals surface area contributed by atoms with Crippen molar-refractivity contribution >= 4 is 50.2 Å². The lowest BCUT2D eigenvalue weighted by atomic mass is 10.1. The number of esters is 1. The molecule has 180 valence electrons. The van der Waals surface area contributed by atoms with Crippen LogP contribution in [0, 0.1) is 6.92 Å². The van der Waals surface area contributed by atoms with Gasteiger partial charge in [-0.1, -0.05) is 30.7 Å². The van der Waals surface area contributed by atoms with Gasteiger partial charge in [-0.15, -0.1) is 0 Å². The van der Waals surface area contributed by atoms with Gasteiger partial charge in [0.05, 0.1) is 17.7 Å². The highest BCUT2D eigenvalue weighted by molar-refractivity contribution is 7.93. The number of aryl methyl sites for hydroxylation is 2. The summed E-state index contributed by atoms with van der Waals surface area (Å²) in [5, 5.41) is 0.737. The standard InChI is InChI=1S/C26H22ClNO6S/c1-4-17-5-12-21(13-6-17)35(31,32)28(25(29)18-7-9-19(27)10-8-18)20-11-14-23-22(15-20)24(16(2)34-23)26(30)33-3/h5-15H,4H2,1-3H3. The largest absolute Gasteiger partial charge is 0.465 e. The lowest BCUT2D eigenvalue weighted by Gasteiger charge is -2.23. The van der Waals surface area contributed by atoms with Crippen LogP contribution in [-0.2, 0) is 21.2 Å². The molecule has 0 saturated carbocycles. The van der Waals surface area contributed by atoms with Crippen molar-refractivity contribution in [2.24, 2.45) is 0 Å². The Morgan fingerprint density at radius 2 is 1.66 bits per heavy atom. The number of furan rings is 1. The zero-order valence-electron chi connectivity index (χ0n) is 19.2. The Kier molecular flexibility index (Phi) is 6.69. The monoisotopic (exact) mass is 511 g/mol. The predicted octanol–water partition coefficient (Wildman–Crippen LogP) is 5.78. The van der Waals surface area contributed by atoms with E-state index in [1.165, 1.54) is 61.7 Å². The lowest BCUT2D eigenvalue weighted by molar-refractivity contribution is 0.0600. The number of carbonyl (C=O) groups is 2. The van der Waals surface area contributed by atoms with Crippen molar-refractivity contribution in [3.8, 4) is 0 Å². The average Bonchev–Trinajstić information content (AvgIpc) is 3.19. The number of fused-ring (bicyclic) bond motifs is 1. The van der Waals surface area contributed by atoms with E-state index in [1.807, 2.05) is 6.92 Å². The van der Waals surface area contributed by atoms with Crippen LogP contribution >= 0.6 is 11.6 Å². The van der Waals surface area contributed by atoms with Gasteiger partial charge in [0, 0.05) is 16.0 Å². The molecule has 0 unspecified atom stereocenters. The molecule has 0 aliphatic rings. The molecule has 7 nitrogen and oxygen atoms in total. The molecule has 0 saturated heterocycles.